The summed E-state index contributed by atoms with van der Waals surface area (Å²) in [5, 5.41) is 9.42. The van der Waals surface area contributed by atoms with Gasteiger partial charge in [-0.3, -0.25) is 5.84 Å². The number of nitrogens with one attached hydrogen (secondary N) is 1. The van der Waals surface area contributed by atoms with Crippen LogP contribution in [0.5, 0.6) is 5.75 Å². The van der Waals surface area contributed by atoms with Crippen LogP contribution < -0.4 is 10.7 Å². The largest absolute Gasteiger partial charge is 0.507 e. The lowest BCUT2D eigenvalue weighted by Crippen LogP contribution is -2.30. The Kier molecular flexibility index (Phi) is 2.79. The molecule has 5 nitrogen and oxygen atoms in total. The molecule has 1 rings (SSSR count). The fourth-order valence-electron chi connectivity index (χ4n) is 1.14. The third-order valence-electron chi connectivity index (χ3n) is 1.93. The van der Waals surface area contributed by atoms with E-state index in [9.17, 15) is 13.5 Å². The van der Waals surface area contributed by atoms with Crippen molar-refractivity contribution in [1.29, 1.82) is 0 Å². The Morgan fingerprint density at radius 2 is 1.71 bits per heavy atom. The van der Waals surface area contributed by atoms with Crippen LogP contribution in [0.1, 0.15) is 11.1 Å². The zero-order valence-corrected chi connectivity index (χ0v) is 8.72. The lowest BCUT2D eigenvalue weighted by atomic mass is 10.1. The van der Waals surface area contributed by atoms with Crippen LogP contribution in [-0.4, -0.2) is 13.5 Å². The third-order valence-corrected chi connectivity index (χ3v) is 3.10. The van der Waals surface area contributed by atoms with Gasteiger partial charge in [0, 0.05) is 0 Å². The van der Waals surface area contributed by atoms with Gasteiger partial charge in [0.2, 0.25) is 0 Å². The fourth-order valence-corrected chi connectivity index (χ4v) is 1.94. The van der Waals surface area contributed by atoms with Gasteiger partial charge >= 0.3 is 0 Å². The molecule has 0 saturated carbocycles. The SMILES string of the molecule is Cc1cc(S(=O)(=O)NN)cc(C)c1O. The van der Waals surface area contributed by atoms with Crippen LogP contribution in [0, 0.1) is 13.8 Å². The average molecular weight is 216 g/mol. The molecule has 0 saturated heterocycles. The van der Waals surface area contributed by atoms with Gasteiger partial charge in [0.25, 0.3) is 10.0 Å². The van der Waals surface area contributed by atoms with Crippen LogP contribution in [0.25, 0.3) is 0 Å². The van der Waals surface area contributed by atoms with Crippen molar-refractivity contribution >= 4 is 10.0 Å². The predicted octanol–water partition coefficient (Wildman–Crippen LogP) is 0.161. The van der Waals surface area contributed by atoms with E-state index in [2.05, 4.69) is 0 Å². The van der Waals surface area contributed by atoms with E-state index in [0.29, 0.717) is 11.1 Å². The molecule has 0 fully saturated rings. The molecule has 14 heavy (non-hydrogen) atoms. The highest BCUT2D eigenvalue weighted by molar-refractivity contribution is 7.89. The summed E-state index contributed by atoms with van der Waals surface area (Å²) in [6.07, 6.45) is 0. The van der Waals surface area contributed by atoms with Crippen molar-refractivity contribution in [3.63, 3.8) is 0 Å². The van der Waals surface area contributed by atoms with Crippen LogP contribution in [-0.2, 0) is 10.0 Å². The molecule has 0 bridgehead atoms. The highest BCUT2D eigenvalue weighted by Crippen LogP contribution is 2.24. The summed E-state index contributed by atoms with van der Waals surface area (Å²) in [4.78, 5) is 1.77. The predicted molar refractivity (Wildman–Crippen MR) is 52.1 cm³/mol. The Balaban J connectivity index is 3.41. The highest BCUT2D eigenvalue weighted by atomic mass is 32.2. The maximum Gasteiger partial charge on any atom is 0.253 e. The van der Waals surface area contributed by atoms with Crippen LogP contribution in [0.2, 0.25) is 0 Å². The lowest BCUT2D eigenvalue weighted by molar-refractivity contribution is 0.466. The van der Waals surface area contributed by atoms with E-state index < -0.39 is 10.0 Å². The summed E-state index contributed by atoms with van der Waals surface area (Å²) < 4.78 is 22.6. The van der Waals surface area contributed by atoms with Crippen molar-refractivity contribution in [2.24, 2.45) is 5.84 Å². The molecule has 78 valence electrons. The first-order valence-electron chi connectivity index (χ1n) is 3.91. The average Bonchev–Trinajstić information content (AvgIpc) is 2.13. The molecule has 0 aliphatic heterocycles. The Morgan fingerprint density at radius 1 is 1.29 bits per heavy atom. The van der Waals surface area contributed by atoms with Crippen molar-refractivity contribution < 1.29 is 13.5 Å². The Morgan fingerprint density at radius 3 is 2.07 bits per heavy atom. The number of benzene rings is 1. The molecule has 1 aromatic carbocycles. The molecular weight excluding hydrogens is 204 g/mol. The number of hydrogen-bond acceptors (Lipinski definition) is 4. The molecule has 0 aromatic heterocycles. The van der Waals surface area contributed by atoms with Gasteiger partial charge in [0.15, 0.2) is 0 Å². The van der Waals surface area contributed by atoms with E-state index in [1.54, 1.807) is 18.7 Å². The molecule has 0 atom stereocenters. The number of hydrazine groups is 1. The highest BCUT2D eigenvalue weighted by Gasteiger charge is 2.14. The molecule has 0 unspecified atom stereocenters. The van der Waals surface area contributed by atoms with Crippen molar-refractivity contribution in [2.75, 3.05) is 0 Å². The number of rotatable bonds is 2. The summed E-state index contributed by atoms with van der Waals surface area (Å²) in [7, 11) is -3.64. The topological polar surface area (TPSA) is 92.4 Å². The zero-order valence-electron chi connectivity index (χ0n) is 7.90. The number of phenols is 1. The first-order chi connectivity index (χ1) is 6.38. The van der Waals surface area contributed by atoms with Crippen molar-refractivity contribution in [2.45, 2.75) is 18.7 Å². The van der Waals surface area contributed by atoms with E-state index in [1.807, 2.05) is 0 Å². The van der Waals surface area contributed by atoms with Gasteiger partial charge in [0.1, 0.15) is 5.75 Å². The van der Waals surface area contributed by atoms with Gasteiger partial charge in [0.05, 0.1) is 4.90 Å². The van der Waals surface area contributed by atoms with Gasteiger partial charge in [-0.05, 0) is 37.1 Å². The second kappa shape index (κ2) is 3.56. The van der Waals surface area contributed by atoms with Crippen LogP contribution in [0.4, 0.5) is 0 Å². The quantitative estimate of drug-likeness (QED) is 0.485. The van der Waals surface area contributed by atoms with Crippen molar-refractivity contribution in [1.82, 2.24) is 4.83 Å². The summed E-state index contributed by atoms with van der Waals surface area (Å²) in [6, 6.07) is 2.72. The number of phenolic OH excluding ortho intramolecular Hbond substituents is 1. The molecule has 0 spiro atoms. The Hall–Kier alpha value is -1.11. The summed E-state index contributed by atoms with van der Waals surface area (Å²) in [5.74, 6) is 4.97. The van der Waals surface area contributed by atoms with Crippen molar-refractivity contribution in [3.8, 4) is 5.75 Å². The molecule has 4 N–H and O–H groups in total. The van der Waals surface area contributed by atoms with Gasteiger partial charge in [-0.15, -0.1) is 0 Å². The Labute approximate surface area is 82.6 Å². The molecule has 0 heterocycles. The van der Waals surface area contributed by atoms with Gasteiger partial charge in [-0.25, -0.2) is 8.42 Å². The van der Waals surface area contributed by atoms with Gasteiger partial charge in [-0.1, -0.05) is 0 Å². The minimum atomic E-state index is -3.64. The second-order valence-electron chi connectivity index (χ2n) is 3.03. The summed E-state index contributed by atoms with van der Waals surface area (Å²) >= 11 is 0. The van der Waals surface area contributed by atoms with Crippen LogP contribution >= 0.6 is 0 Å². The van der Waals surface area contributed by atoms with Gasteiger partial charge in [-0.2, -0.15) is 4.83 Å². The minimum absolute atomic E-state index is 0.0489. The molecule has 0 aliphatic carbocycles. The van der Waals surface area contributed by atoms with Gasteiger partial charge < -0.3 is 5.11 Å². The Bertz CT molecular complexity index is 431. The summed E-state index contributed by atoms with van der Waals surface area (Å²) in [6.45, 7) is 3.25. The van der Waals surface area contributed by atoms with Crippen LogP contribution in [0.15, 0.2) is 17.0 Å². The van der Waals surface area contributed by atoms with E-state index in [0.717, 1.165) is 0 Å². The maximum atomic E-state index is 11.3. The number of aryl methyl sites for hydroxylation is 2. The van der Waals surface area contributed by atoms with E-state index in [4.69, 9.17) is 5.84 Å². The molecule has 0 radical (unpaired) electrons. The zero-order chi connectivity index (χ0) is 10.9. The molecular formula is C8H12N2O3S. The molecule has 0 aliphatic rings. The fraction of sp³-hybridized carbons (Fsp3) is 0.250. The summed E-state index contributed by atoms with van der Waals surface area (Å²) in [5.41, 5.74) is 0.998. The van der Waals surface area contributed by atoms with E-state index >= 15 is 0 Å². The third kappa shape index (κ3) is 1.87. The number of aromatic hydroxyl groups is 1. The number of nitrogens with two attached hydrogens (primary N) is 1. The normalized spacial score (nSPS) is 11.6. The molecule has 0 amide bonds. The van der Waals surface area contributed by atoms with Crippen molar-refractivity contribution in [3.05, 3.63) is 23.3 Å². The monoisotopic (exact) mass is 216 g/mol. The first kappa shape index (κ1) is 11.0. The van der Waals surface area contributed by atoms with E-state index in [-0.39, 0.29) is 10.6 Å². The lowest BCUT2D eigenvalue weighted by Gasteiger charge is -2.07. The van der Waals surface area contributed by atoms with E-state index in [1.165, 1.54) is 12.1 Å². The molecule has 6 heteroatoms. The second-order valence-corrected chi connectivity index (χ2v) is 4.74. The van der Waals surface area contributed by atoms with Crippen LogP contribution in [0.3, 0.4) is 0 Å². The smallest absolute Gasteiger partial charge is 0.253 e. The number of sulfonamides is 1. The maximum absolute atomic E-state index is 11.3. The molecule has 1 aromatic rings. The standard InChI is InChI=1S/C8H12N2O3S/c1-5-3-7(14(12,13)10-9)4-6(2)8(5)11/h3-4,10-11H,9H2,1-2H3. The minimum Gasteiger partial charge on any atom is -0.507 e. The number of hydrogen-bond donors (Lipinski definition) is 3. The first-order valence-corrected chi connectivity index (χ1v) is 5.39.